The van der Waals surface area contributed by atoms with Gasteiger partial charge in [0.1, 0.15) is 0 Å². The summed E-state index contributed by atoms with van der Waals surface area (Å²) < 4.78 is 1.33. The number of rotatable bonds is 2. The average molecular weight is 237 g/mol. The Bertz CT molecular complexity index is 62.2. The second kappa shape index (κ2) is 4.53. The van der Waals surface area contributed by atoms with Crippen LogP contribution in [0.4, 0.5) is 0 Å². The van der Waals surface area contributed by atoms with E-state index in [1.165, 1.54) is 43.0 Å². The predicted molar refractivity (Wildman–Crippen MR) is 49.8 cm³/mol. The van der Waals surface area contributed by atoms with Crippen LogP contribution in [0.2, 0.25) is 0 Å². The molecule has 0 nitrogen and oxygen atoms in total. The highest BCUT2D eigenvalue weighted by Crippen LogP contribution is 2.28. The second-order valence-corrected chi connectivity index (χ2v) is 3.83. The van der Waals surface area contributed by atoms with E-state index < -0.39 is 0 Å². The lowest BCUT2D eigenvalue weighted by Crippen LogP contribution is -2.03. The average Bonchev–Trinajstić information content (AvgIpc) is 1.91. The molecule has 0 saturated heterocycles. The molecule has 0 bridgehead atoms. The van der Waals surface area contributed by atoms with Crippen molar-refractivity contribution >= 4 is 22.6 Å². The third-order valence-corrected chi connectivity index (χ3v) is 2.55. The van der Waals surface area contributed by atoms with Crippen molar-refractivity contribution < 1.29 is 0 Å². The maximum absolute atomic E-state index is 2.47. The van der Waals surface area contributed by atoms with Gasteiger partial charge in [-0.3, -0.25) is 0 Å². The molecule has 9 heavy (non-hydrogen) atoms. The smallest absolute Gasteiger partial charge is 0.0000762 e. The first-order valence-electron chi connectivity index (χ1n) is 3.83. The molecule has 0 amide bonds. The molecule has 0 N–H and O–H groups in total. The Morgan fingerprint density at radius 1 is 1.11 bits per heavy atom. The van der Waals surface area contributed by atoms with Gasteiger partial charge in [0, 0.05) is 4.43 Å². The number of hydrogen-bond donors (Lipinski definition) is 0. The molecule has 1 aliphatic carbocycles. The summed E-state index contributed by atoms with van der Waals surface area (Å²) in [4.78, 5) is 0. The molecule has 0 aromatic heterocycles. The number of alkyl halides is 1. The van der Waals surface area contributed by atoms with Gasteiger partial charge in [-0.2, -0.15) is 0 Å². The Hall–Kier alpha value is 0.730. The minimum absolute atomic E-state index is 1.33. The summed E-state index contributed by atoms with van der Waals surface area (Å²) in [7, 11) is 0. The van der Waals surface area contributed by atoms with E-state index in [0.717, 1.165) is 0 Å². The third-order valence-electron chi connectivity index (χ3n) is 2.01. The zero-order valence-corrected chi connectivity index (χ0v) is 7.99. The molecule has 0 aliphatic heterocycles. The van der Waals surface area contributed by atoms with Crippen LogP contribution in [0.25, 0.3) is 0 Å². The molecular formula is C8H14I. The summed E-state index contributed by atoms with van der Waals surface area (Å²) in [6.45, 7) is 0. The highest BCUT2D eigenvalue weighted by atomic mass is 127. The Morgan fingerprint density at radius 3 is 2.33 bits per heavy atom. The fraction of sp³-hybridized carbons (Fsp3) is 0.875. The summed E-state index contributed by atoms with van der Waals surface area (Å²) >= 11 is 2.47. The molecule has 1 saturated carbocycles. The van der Waals surface area contributed by atoms with Gasteiger partial charge in [-0.15, -0.1) is 0 Å². The SMILES string of the molecule is ICC[C]1CCCCC1. The van der Waals surface area contributed by atoms with Crippen LogP contribution < -0.4 is 0 Å². The second-order valence-electron chi connectivity index (χ2n) is 2.75. The van der Waals surface area contributed by atoms with Crippen molar-refractivity contribution in [2.75, 3.05) is 4.43 Å². The zero-order valence-electron chi connectivity index (χ0n) is 5.83. The lowest BCUT2D eigenvalue weighted by atomic mass is 9.88. The van der Waals surface area contributed by atoms with E-state index >= 15 is 0 Å². The fourth-order valence-corrected chi connectivity index (χ4v) is 2.20. The normalized spacial score (nSPS) is 22.3. The zero-order chi connectivity index (χ0) is 6.53. The van der Waals surface area contributed by atoms with E-state index in [1.807, 2.05) is 5.92 Å². The van der Waals surface area contributed by atoms with Crippen molar-refractivity contribution in [2.45, 2.75) is 38.5 Å². The molecule has 0 aromatic carbocycles. The number of hydrogen-bond acceptors (Lipinski definition) is 0. The summed E-state index contributed by atoms with van der Waals surface area (Å²) in [5.74, 6) is 1.83. The van der Waals surface area contributed by atoms with Crippen LogP contribution in [0.15, 0.2) is 0 Å². The van der Waals surface area contributed by atoms with Gasteiger partial charge < -0.3 is 0 Å². The van der Waals surface area contributed by atoms with Crippen molar-refractivity contribution in [1.29, 1.82) is 0 Å². The van der Waals surface area contributed by atoms with Gasteiger partial charge in [-0.05, 0) is 25.2 Å². The van der Waals surface area contributed by atoms with Gasteiger partial charge in [-0.25, -0.2) is 0 Å². The molecule has 1 rings (SSSR count). The van der Waals surface area contributed by atoms with Crippen molar-refractivity contribution in [3.8, 4) is 0 Å². The van der Waals surface area contributed by atoms with Crippen LogP contribution in [-0.2, 0) is 0 Å². The minimum Gasteiger partial charge on any atom is -0.0864 e. The predicted octanol–water partition coefficient (Wildman–Crippen LogP) is 3.35. The molecule has 0 spiro atoms. The van der Waals surface area contributed by atoms with Gasteiger partial charge >= 0.3 is 0 Å². The molecule has 1 fully saturated rings. The van der Waals surface area contributed by atoms with E-state index in [1.54, 1.807) is 0 Å². The van der Waals surface area contributed by atoms with Gasteiger partial charge in [0.15, 0.2) is 0 Å². The Kier molecular flexibility index (Phi) is 3.94. The first kappa shape index (κ1) is 7.83. The highest BCUT2D eigenvalue weighted by Gasteiger charge is 2.11. The quantitative estimate of drug-likeness (QED) is 0.510. The summed E-state index contributed by atoms with van der Waals surface area (Å²) in [6, 6.07) is 0. The standard InChI is InChI=1S/C8H14I/c9-7-6-8-4-2-1-3-5-8/h1-7H2. The first-order valence-corrected chi connectivity index (χ1v) is 5.35. The van der Waals surface area contributed by atoms with E-state index in [-0.39, 0.29) is 0 Å². The summed E-state index contributed by atoms with van der Waals surface area (Å²) in [5, 5.41) is 0. The van der Waals surface area contributed by atoms with E-state index in [4.69, 9.17) is 0 Å². The molecule has 0 unspecified atom stereocenters. The van der Waals surface area contributed by atoms with Crippen molar-refractivity contribution in [3.63, 3.8) is 0 Å². The Morgan fingerprint density at radius 2 is 1.78 bits per heavy atom. The number of halogens is 1. The molecule has 0 heterocycles. The van der Waals surface area contributed by atoms with Crippen molar-refractivity contribution in [1.82, 2.24) is 0 Å². The summed E-state index contributed by atoms with van der Waals surface area (Å²) in [6.07, 6.45) is 8.66. The molecule has 0 aromatic rings. The molecule has 1 radical (unpaired) electrons. The van der Waals surface area contributed by atoms with Gasteiger partial charge in [0.25, 0.3) is 0 Å². The molecular weight excluding hydrogens is 223 g/mol. The summed E-state index contributed by atoms with van der Waals surface area (Å²) in [5.41, 5.74) is 0. The van der Waals surface area contributed by atoms with Gasteiger partial charge in [0.2, 0.25) is 0 Å². The van der Waals surface area contributed by atoms with E-state index in [9.17, 15) is 0 Å². The molecule has 0 atom stereocenters. The van der Waals surface area contributed by atoms with E-state index in [0.29, 0.717) is 0 Å². The highest BCUT2D eigenvalue weighted by molar-refractivity contribution is 14.1. The van der Waals surface area contributed by atoms with Crippen LogP contribution in [0.1, 0.15) is 38.5 Å². The molecule has 1 aliphatic rings. The maximum Gasteiger partial charge on any atom is 0.0000762 e. The van der Waals surface area contributed by atoms with Gasteiger partial charge in [0.05, 0.1) is 0 Å². The fourth-order valence-electron chi connectivity index (χ4n) is 1.44. The Balaban J connectivity index is 2.08. The third kappa shape index (κ3) is 2.87. The topological polar surface area (TPSA) is 0 Å². The molecule has 53 valence electrons. The van der Waals surface area contributed by atoms with E-state index in [2.05, 4.69) is 22.6 Å². The van der Waals surface area contributed by atoms with Crippen LogP contribution in [0.3, 0.4) is 0 Å². The van der Waals surface area contributed by atoms with Crippen LogP contribution in [-0.4, -0.2) is 4.43 Å². The van der Waals surface area contributed by atoms with Gasteiger partial charge in [-0.1, -0.05) is 41.9 Å². The lowest BCUT2D eigenvalue weighted by molar-refractivity contribution is 0.518. The Labute approximate surface area is 71.5 Å². The van der Waals surface area contributed by atoms with Crippen molar-refractivity contribution in [3.05, 3.63) is 5.92 Å². The maximum atomic E-state index is 2.47. The van der Waals surface area contributed by atoms with Crippen molar-refractivity contribution in [2.24, 2.45) is 0 Å². The van der Waals surface area contributed by atoms with Crippen LogP contribution >= 0.6 is 22.6 Å². The van der Waals surface area contributed by atoms with Crippen LogP contribution in [0.5, 0.6) is 0 Å². The lowest BCUT2D eigenvalue weighted by Gasteiger charge is -2.19. The largest absolute Gasteiger partial charge is 0.0864 e. The monoisotopic (exact) mass is 237 g/mol. The molecule has 1 heteroatoms. The van der Waals surface area contributed by atoms with Crippen LogP contribution in [0, 0.1) is 5.92 Å². The first-order chi connectivity index (χ1) is 4.43. The minimum atomic E-state index is 1.33.